The van der Waals surface area contributed by atoms with Gasteiger partial charge in [-0.1, -0.05) is 12.1 Å². The fourth-order valence-corrected chi connectivity index (χ4v) is 3.93. The maximum atomic E-state index is 12.8. The van der Waals surface area contributed by atoms with E-state index >= 15 is 0 Å². The molecule has 132 valence electrons. The molecule has 1 aromatic carbocycles. The first-order chi connectivity index (χ1) is 11.9. The standard InChI is InChI=1S/C18H20N2O4S/c1-12-9-25-15(19-12)13-4-3-5-14(8-13)16(21)20-7-6-18(10-20,11-24-2)17(22)23/h3-5,8-9H,6-7,10-11H2,1-2H3,(H,22,23). The van der Waals surface area contributed by atoms with Crippen LogP contribution in [-0.4, -0.2) is 53.7 Å². The summed E-state index contributed by atoms with van der Waals surface area (Å²) in [6.45, 7) is 2.61. The van der Waals surface area contributed by atoms with E-state index in [0.29, 0.717) is 18.5 Å². The molecule has 1 N–H and O–H groups in total. The number of carbonyl (C=O) groups is 2. The van der Waals surface area contributed by atoms with Crippen LogP contribution < -0.4 is 0 Å². The van der Waals surface area contributed by atoms with E-state index in [1.165, 1.54) is 18.4 Å². The maximum absolute atomic E-state index is 12.8. The summed E-state index contributed by atoms with van der Waals surface area (Å²) in [5.41, 5.74) is 1.37. The number of carboxylic acid groups (broad SMARTS) is 1. The van der Waals surface area contributed by atoms with Crippen molar-refractivity contribution in [3.63, 3.8) is 0 Å². The van der Waals surface area contributed by atoms with Gasteiger partial charge in [-0.05, 0) is 25.5 Å². The summed E-state index contributed by atoms with van der Waals surface area (Å²) < 4.78 is 5.08. The van der Waals surface area contributed by atoms with E-state index in [2.05, 4.69) is 4.98 Å². The summed E-state index contributed by atoms with van der Waals surface area (Å²) in [6, 6.07) is 7.32. The topological polar surface area (TPSA) is 79.7 Å². The fraction of sp³-hybridized carbons (Fsp3) is 0.389. The Kier molecular flexibility index (Phi) is 4.87. The average Bonchev–Trinajstić information content (AvgIpc) is 3.22. The predicted molar refractivity (Wildman–Crippen MR) is 94.8 cm³/mol. The van der Waals surface area contributed by atoms with Gasteiger partial charge < -0.3 is 14.7 Å². The Morgan fingerprint density at radius 3 is 2.88 bits per heavy atom. The zero-order valence-corrected chi connectivity index (χ0v) is 15.0. The molecule has 1 atom stereocenters. The van der Waals surface area contributed by atoms with E-state index in [1.54, 1.807) is 11.0 Å². The smallest absolute Gasteiger partial charge is 0.313 e. The second-order valence-corrected chi connectivity index (χ2v) is 7.23. The van der Waals surface area contributed by atoms with Crippen molar-refractivity contribution < 1.29 is 19.4 Å². The van der Waals surface area contributed by atoms with Gasteiger partial charge in [0.1, 0.15) is 10.4 Å². The third-order valence-electron chi connectivity index (χ3n) is 4.49. The van der Waals surface area contributed by atoms with Crippen LogP contribution in [0.4, 0.5) is 0 Å². The molecule has 1 aliphatic rings. The summed E-state index contributed by atoms with van der Waals surface area (Å²) in [7, 11) is 1.48. The first-order valence-corrected chi connectivity index (χ1v) is 8.87. The molecule has 1 saturated heterocycles. The minimum absolute atomic E-state index is 0.102. The van der Waals surface area contributed by atoms with Crippen LogP contribution in [0.2, 0.25) is 0 Å². The molecular formula is C18H20N2O4S. The summed E-state index contributed by atoms with van der Waals surface area (Å²) in [5.74, 6) is -1.08. The van der Waals surface area contributed by atoms with E-state index in [0.717, 1.165) is 16.3 Å². The zero-order chi connectivity index (χ0) is 18.0. The molecule has 3 rings (SSSR count). The van der Waals surface area contributed by atoms with E-state index in [-0.39, 0.29) is 19.1 Å². The number of rotatable bonds is 5. The van der Waals surface area contributed by atoms with Crippen LogP contribution >= 0.6 is 11.3 Å². The lowest BCUT2D eigenvalue weighted by molar-refractivity contribution is -0.151. The van der Waals surface area contributed by atoms with Crippen molar-refractivity contribution >= 4 is 23.2 Å². The van der Waals surface area contributed by atoms with Crippen molar-refractivity contribution in [3.8, 4) is 10.6 Å². The molecule has 1 amide bonds. The molecule has 1 unspecified atom stereocenters. The number of carboxylic acids is 1. The van der Waals surface area contributed by atoms with Gasteiger partial charge in [-0.2, -0.15) is 0 Å². The SMILES string of the molecule is COCC1(C(=O)O)CCN(C(=O)c2cccc(-c3nc(C)cs3)c2)C1. The summed E-state index contributed by atoms with van der Waals surface area (Å²) in [6.07, 6.45) is 0.396. The third-order valence-corrected chi connectivity index (χ3v) is 5.50. The average molecular weight is 360 g/mol. The number of likely N-dealkylation sites (tertiary alicyclic amines) is 1. The van der Waals surface area contributed by atoms with Crippen molar-refractivity contribution in [1.82, 2.24) is 9.88 Å². The van der Waals surface area contributed by atoms with Gasteiger partial charge in [-0.25, -0.2) is 4.98 Å². The Hall–Kier alpha value is -2.25. The molecule has 0 spiro atoms. The monoisotopic (exact) mass is 360 g/mol. The van der Waals surface area contributed by atoms with Gasteiger partial charge in [0.15, 0.2) is 0 Å². The summed E-state index contributed by atoms with van der Waals surface area (Å²) >= 11 is 1.54. The Balaban J connectivity index is 1.81. The summed E-state index contributed by atoms with van der Waals surface area (Å²) in [4.78, 5) is 30.5. The number of amides is 1. The number of aromatic nitrogens is 1. The molecule has 0 bridgehead atoms. The quantitative estimate of drug-likeness (QED) is 0.887. The molecule has 0 aliphatic carbocycles. The number of methoxy groups -OCH3 is 1. The lowest BCUT2D eigenvalue weighted by atomic mass is 9.88. The van der Waals surface area contributed by atoms with E-state index in [9.17, 15) is 14.7 Å². The highest BCUT2D eigenvalue weighted by Gasteiger charge is 2.46. The maximum Gasteiger partial charge on any atom is 0.313 e. The molecule has 1 aromatic heterocycles. The highest BCUT2D eigenvalue weighted by molar-refractivity contribution is 7.13. The van der Waals surface area contributed by atoms with Crippen molar-refractivity contribution in [3.05, 3.63) is 40.9 Å². The van der Waals surface area contributed by atoms with Gasteiger partial charge in [0.25, 0.3) is 5.91 Å². The second-order valence-electron chi connectivity index (χ2n) is 6.37. The van der Waals surface area contributed by atoms with Crippen molar-refractivity contribution in [2.45, 2.75) is 13.3 Å². The Morgan fingerprint density at radius 1 is 1.44 bits per heavy atom. The molecule has 1 aliphatic heterocycles. The van der Waals surface area contributed by atoms with Crippen LogP contribution in [0, 0.1) is 12.3 Å². The van der Waals surface area contributed by atoms with Crippen LogP contribution in [0.25, 0.3) is 10.6 Å². The molecular weight excluding hydrogens is 340 g/mol. The highest BCUT2D eigenvalue weighted by Crippen LogP contribution is 2.32. The highest BCUT2D eigenvalue weighted by atomic mass is 32.1. The van der Waals surface area contributed by atoms with Crippen LogP contribution in [0.3, 0.4) is 0 Å². The normalized spacial score (nSPS) is 20.0. The number of aryl methyl sites for hydroxylation is 1. The van der Waals surface area contributed by atoms with Gasteiger partial charge >= 0.3 is 5.97 Å². The number of hydrogen-bond donors (Lipinski definition) is 1. The Labute approximate surface area is 150 Å². The van der Waals surface area contributed by atoms with E-state index in [4.69, 9.17) is 4.74 Å². The molecule has 25 heavy (non-hydrogen) atoms. The van der Waals surface area contributed by atoms with Crippen LogP contribution in [0.5, 0.6) is 0 Å². The predicted octanol–water partition coefficient (Wildman–Crippen LogP) is 2.68. The molecule has 1 fully saturated rings. The molecule has 2 aromatic rings. The number of nitrogens with zero attached hydrogens (tertiary/aromatic N) is 2. The van der Waals surface area contributed by atoms with Gasteiger partial charge in [0, 0.05) is 42.4 Å². The number of aliphatic carboxylic acids is 1. The van der Waals surface area contributed by atoms with Crippen molar-refractivity contribution in [2.75, 3.05) is 26.8 Å². The van der Waals surface area contributed by atoms with E-state index in [1.807, 2.05) is 30.5 Å². The lowest BCUT2D eigenvalue weighted by Gasteiger charge is -2.23. The van der Waals surface area contributed by atoms with Crippen molar-refractivity contribution in [2.24, 2.45) is 5.41 Å². The number of ether oxygens (including phenoxy) is 1. The molecule has 6 nitrogen and oxygen atoms in total. The molecule has 0 radical (unpaired) electrons. The summed E-state index contributed by atoms with van der Waals surface area (Å²) in [5, 5.41) is 12.4. The van der Waals surface area contributed by atoms with Crippen LogP contribution in [0.15, 0.2) is 29.6 Å². The van der Waals surface area contributed by atoms with Gasteiger partial charge in [-0.15, -0.1) is 11.3 Å². The largest absolute Gasteiger partial charge is 0.481 e. The number of carbonyl (C=O) groups excluding carboxylic acids is 1. The first kappa shape index (κ1) is 17.6. The fourth-order valence-electron chi connectivity index (χ4n) is 3.13. The van der Waals surface area contributed by atoms with Crippen LogP contribution in [-0.2, 0) is 9.53 Å². The van der Waals surface area contributed by atoms with E-state index < -0.39 is 11.4 Å². The number of hydrogen-bond acceptors (Lipinski definition) is 5. The molecule has 2 heterocycles. The van der Waals surface area contributed by atoms with Gasteiger partial charge in [-0.3, -0.25) is 9.59 Å². The lowest BCUT2D eigenvalue weighted by Crippen LogP contribution is -2.40. The minimum atomic E-state index is -1.02. The Morgan fingerprint density at radius 2 is 2.24 bits per heavy atom. The van der Waals surface area contributed by atoms with Gasteiger partial charge in [0.2, 0.25) is 0 Å². The number of thiazole rings is 1. The second kappa shape index (κ2) is 6.93. The first-order valence-electron chi connectivity index (χ1n) is 7.99. The zero-order valence-electron chi connectivity index (χ0n) is 14.2. The van der Waals surface area contributed by atoms with Crippen molar-refractivity contribution in [1.29, 1.82) is 0 Å². The number of benzene rings is 1. The minimum Gasteiger partial charge on any atom is -0.481 e. The molecule has 7 heteroatoms. The Bertz CT molecular complexity index is 804. The van der Waals surface area contributed by atoms with Crippen LogP contribution in [0.1, 0.15) is 22.5 Å². The molecule has 0 saturated carbocycles. The third kappa shape index (κ3) is 3.43. The van der Waals surface area contributed by atoms with Gasteiger partial charge in [0.05, 0.1) is 6.61 Å².